The van der Waals surface area contributed by atoms with Crippen LogP contribution in [0.2, 0.25) is 0 Å². The average molecular weight is 311 g/mol. The van der Waals surface area contributed by atoms with Crippen molar-refractivity contribution in [1.82, 2.24) is 5.01 Å². The molecule has 6 nitrogen and oxygen atoms in total. The fourth-order valence-electron chi connectivity index (χ4n) is 2.01. The van der Waals surface area contributed by atoms with Crippen molar-refractivity contribution in [2.24, 2.45) is 5.10 Å². The van der Waals surface area contributed by atoms with Gasteiger partial charge in [-0.2, -0.15) is 13.9 Å². The molecule has 0 radical (unpaired) electrons. The Morgan fingerprint density at radius 1 is 1.41 bits per heavy atom. The predicted molar refractivity (Wildman–Crippen MR) is 75.9 cm³/mol. The number of para-hydroxylation sites is 1. The summed E-state index contributed by atoms with van der Waals surface area (Å²) in [6.45, 7) is -1.33. The van der Waals surface area contributed by atoms with E-state index >= 15 is 0 Å². The Morgan fingerprint density at radius 3 is 2.77 bits per heavy atom. The van der Waals surface area contributed by atoms with Crippen LogP contribution in [0, 0.1) is 6.92 Å². The molecule has 0 atom stereocenters. The molecule has 0 saturated heterocycles. The van der Waals surface area contributed by atoms with E-state index in [1.807, 2.05) is 0 Å². The zero-order valence-electron chi connectivity index (χ0n) is 12.1. The maximum absolute atomic E-state index is 12.4. The lowest BCUT2D eigenvalue weighted by atomic mass is 10.1. The maximum Gasteiger partial charge on any atom is 0.387 e. The van der Waals surface area contributed by atoms with Gasteiger partial charge in [0, 0.05) is 19.9 Å². The highest BCUT2D eigenvalue weighted by atomic mass is 19.3. The molecular formula is C14H15F2N3O3. The van der Waals surface area contributed by atoms with Crippen molar-refractivity contribution in [1.29, 1.82) is 0 Å². The Bertz CT molecular complexity index is 632. The van der Waals surface area contributed by atoms with E-state index in [2.05, 4.69) is 15.2 Å². The first-order chi connectivity index (χ1) is 10.4. The van der Waals surface area contributed by atoms with Crippen LogP contribution in [-0.4, -0.2) is 36.2 Å². The molecule has 2 amide bonds. The van der Waals surface area contributed by atoms with Gasteiger partial charge in [-0.05, 0) is 18.6 Å². The molecule has 1 N–H and O–H groups in total. The number of rotatable bonds is 4. The van der Waals surface area contributed by atoms with Crippen molar-refractivity contribution in [3.8, 4) is 5.75 Å². The van der Waals surface area contributed by atoms with E-state index in [4.69, 9.17) is 0 Å². The van der Waals surface area contributed by atoms with Crippen LogP contribution >= 0.6 is 0 Å². The van der Waals surface area contributed by atoms with Gasteiger partial charge in [-0.3, -0.25) is 9.59 Å². The monoisotopic (exact) mass is 311 g/mol. The Labute approximate surface area is 125 Å². The summed E-state index contributed by atoms with van der Waals surface area (Å²) in [6, 6.07) is 4.55. The lowest BCUT2D eigenvalue weighted by molar-refractivity contribution is -0.130. The normalized spacial score (nSPS) is 14.9. The maximum atomic E-state index is 12.4. The topological polar surface area (TPSA) is 71.0 Å². The Balaban J connectivity index is 2.22. The number of hydrogen-bond donors (Lipinski definition) is 1. The second-order valence-electron chi connectivity index (χ2n) is 4.74. The fraction of sp³-hybridized carbons (Fsp3) is 0.357. The number of halogens is 2. The Hall–Kier alpha value is -2.51. The molecule has 0 aliphatic carbocycles. The third-order valence-electron chi connectivity index (χ3n) is 3.16. The van der Waals surface area contributed by atoms with Crippen molar-refractivity contribution in [3.63, 3.8) is 0 Å². The van der Waals surface area contributed by atoms with Crippen molar-refractivity contribution in [2.45, 2.75) is 26.4 Å². The highest BCUT2D eigenvalue weighted by Crippen LogP contribution is 2.29. The minimum Gasteiger partial charge on any atom is -0.433 e. The number of aryl methyl sites for hydroxylation is 1. The average Bonchev–Trinajstić information content (AvgIpc) is 2.45. The van der Waals surface area contributed by atoms with Crippen LogP contribution in [0.15, 0.2) is 23.3 Å². The molecule has 8 heteroatoms. The molecule has 1 aromatic rings. The molecular weight excluding hydrogens is 296 g/mol. The summed E-state index contributed by atoms with van der Waals surface area (Å²) in [4.78, 5) is 23.5. The lowest BCUT2D eigenvalue weighted by Crippen LogP contribution is -2.34. The van der Waals surface area contributed by atoms with Crippen LogP contribution in [0.5, 0.6) is 5.75 Å². The van der Waals surface area contributed by atoms with Crippen molar-refractivity contribution in [3.05, 3.63) is 23.8 Å². The number of carbonyl (C=O) groups is 2. The number of nitrogens with zero attached hydrogens (tertiary/aromatic N) is 2. The second-order valence-corrected chi connectivity index (χ2v) is 4.74. The van der Waals surface area contributed by atoms with Gasteiger partial charge in [-0.1, -0.05) is 12.1 Å². The van der Waals surface area contributed by atoms with Crippen molar-refractivity contribution >= 4 is 23.2 Å². The van der Waals surface area contributed by atoms with Crippen LogP contribution in [0.4, 0.5) is 14.5 Å². The van der Waals surface area contributed by atoms with E-state index in [1.54, 1.807) is 19.1 Å². The molecule has 0 spiro atoms. The number of hydrazone groups is 1. The number of benzene rings is 1. The number of anilines is 1. The van der Waals surface area contributed by atoms with Crippen LogP contribution in [0.3, 0.4) is 0 Å². The van der Waals surface area contributed by atoms with Gasteiger partial charge in [0.2, 0.25) is 5.91 Å². The van der Waals surface area contributed by atoms with Crippen molar-refractivity contribution < 1.29 is 23.1 Å². The van der Waals surface area contributed by atoms with E-state index < -0.39 is 12.5 Å². The van der Waals surface area contributed by atoms with Gasteiger partial charge in [0.25, 0.3) is 5.91 Å². The van der Waals surface area contributed by atoms with E-state index in [1.165, 1.54) is 13.1 Å². The predicted octanol–water partition coefficient (Wildman–Crippen LogP) is 2.14. The smallest absolute Gasteiger partial charge is 0.387 e. The second kappa shape index (κ2) is 6.50. The van der Waals surface area contributed by atoms with Gasteiger partial charge in [-0.25, -0.2) is 5.01 Å². The van der Waals surface area contributed by atoms with Gasteiger partial charge >= 0.3 is 6.61 Å². The summed E-state index contributed by atoms with van der Waals surface area (Å²) in [5.41, 5.74) is 0.899. The van der Waals surface area contributed by atoms with Gasteiger partial charge in [-0.15, -0.1) is 0 Å². The number of nitrogens with one attached hydrogen (secondary N) is 1. The Kier molecular flexibility index (Phi) is 4.69. The number of hydrogen-bond acceptors (Lipinski definition) is 4. The number of amides is 2. The van der Waals surface area contributed by atoms with Gasteiger partial charge in [0.05, 0.1) is 5.69 Å². The molecule has 0 bridgehead atoms. The number of alkyl halides is 2. The zero-order chi connectivity index (χ0) is 16.3. The van der Waals surface area contributed by atoms with Crippen LogP contribution < -0.4 is 10.1 Å². The molecule has 2 rings (SSSR count). The summed E-state index contributed by atoms with van der Waals surface area (Å²) in [5.74, 6) is -0.855. The van der Waals surface area contributed by atoms with Gasteiger partial charge in [0.1, 0.15) is 11.5 Å². The first-order valence-corrected chi connectivity index (χ1v) is 6.58. The molecule has 0 aromatic heterocycles. The van der Waals surface area contributed by atoms with E-state index in [0.29, 0.717) is 5.56 Å². The van der Waals surface area contributed by atoms with Crippen LogP contribution in [-0.2, 0) is 9.59 Å². The highest BCUT2D eigenvalue weighted by Gasteiger charge is 2.23. The minimum absolute atomic E-state index is 0.121. The van der Waals surface area contributed by atoms with E-state index in [-0.39, 0.29) is 35.9 Å². The summed E-state index contributed by atoms with van der Waals surface area (Å²) < 4.78 is 29.2. The van der Waals surface area contributed by atoms with E-state index in [0.717, 1.165) is 5.01 Å². The molecule has 1 heterocycles. The quantitative estimate of drug-likeness (QED) is 0.926. The zero-order valence-corrected chi connectivity index (χ0v) is 12.1. The molecule has 22 heavy (non-hydrogen) atoms. The third-order valence-corrected chi connectivity index (χ3v) is 3.16. The number of carbonyl (C=O) groups excluding carboxylic acids is 2. The molecule has 1 aromatic carbocycles. The van der Waals surface area contributed by atoms with Crippen LogP contribution in [0.1, 0.15) is 18.4 Å². The van der Waals surface area contributed by atoms with Gasteiger partial charge < -0.3 is 10.1 Å². The molecule has 1 aliphatic rings. The summed E-state index contributed by atoms with van der Waals surface area (Å²) in [5, 5.41) is 7.49. The minimum atomic E-state index is -2.99. The van der Waals surface area contributed by atoms with Gasteiger partial charge in [0.15, 0.2) is 0 Å². The summed E-state index contributed by atoms with van der Waals surface area (Å²) in [7, 11) is 1.45. The van der Waals surface area contributed by atoms with Crippen LogP contribution in [0.25, 0.3) is 0 Å². The first-order valence-electron chi connectivity index (χ1n) is 6.58. The SMILES string of the molecule is Cc1cccc(OC(F)F)c1NC(=O)C1=NN(C)C(=O)CC1. The Morgan fingerprint density at radius 2 is 2.14 bits per heavy atom. The lowest BCUT2D eigenvalue weighted by Gasteiger charge is -2.20. The van der Waals surface area contributed by atoms with E-state index in [9.17, 15) is 18.4 Å². The molecule has 1 aliphatic heterocycles. The molecule has 118 valence electrons. The standard InChI is InChI=1S/C14H15F2N3O3/c1-8-4-3-5-10(22-14(15)16)12(8)17-13(21)9-6-7-11(20)19(2)18-9/h3-5,14H,6-7H2,1-2H3,(H,17,21). The molecule has 0 fully saturated rings. The first kappa shape index (κ1) is 15.9. The van der Waals surface area contributed by atoms with Crippen molar-refractivity contribution in [2.75, 3.05) is 12.4 Å². The largest absolute Gasteiger partial charge is 0.433 e. The summed E-state index contributed by atoms with van der Waals surface area (Å²) >= 11 is 0. The third kappa shape index (κ3) is 3.57. The highest BCUT2D eigenvalue weighted by molar-refractivity contribution is 6.43. The molecule has 0 saturated carbocycles. The number of ether oxygens (including phenoxy) is 1. The molecule has 0 unspecified atom stereocenters. The fourth-order valence-corrected chi connectivity index (χ4v) is 2.01. The summed E-state index contributed by atoms with van der Waals surface area (Å²) in [6.07, 6.45) is 0.378.